The molecule has 0 rings (SSSR count). The van der Waals surface area contributed by atoms with Crippen molar-refractivity contribution in [3.05, 3.63) is 0 Å². The van der Waals surface area contributed by atoms with E-state index in [1.807, 2.05) is 0 Å². The molecule has 0 aromatic heterocycles. The van der Waals surface area contributed by atoms with E-state index in [0.717, 1.165) is 114 Å². The van der Waals surface area contributed by atoms with Crippen molar-refractivity contribution in [2.45, 2.75) is 343 Å². The van der Waals surface area contributed by atoms with Crippen LogP contribution in [-0.2, 0) is 65.4 Å². The Labute approximate surface area is 524 Å². The van der Waals surface area contributed by atoms with E-state index in [1.54, 1.807) is 0 Å². The van der Waals surface area contributed by atoms with Crippen molar-refractivity contribution < 1.29 is 80.2 Å². The number of phosphoric ester groups is 2. The molecule has 7 atom stereocenters. The molecule has 0 aliphatic carbocycles. The lowest BCUT2D eigenvalue weighted by Crippen LogP contribution is -2.30. The van der Waals surface area contributed by atoms with Gasteiger partial charge in [-0.1, -0.05) is 274 Å². The van der Waals surface area contributed by atoms with Gasteiger partial charge >= 0.3 is 39.5 Å². The molecule has 0 aliphatic rings. The largest absolute Gasteiger partial charge is 0.472 e. The molecule has 19 heteroatoms. The number of hydrogen-bond donors (Lipinski definition) is 3. The van der Waals surface area contributed by atoms with E-state index in [-0.39, 0.29) is 25.7 Å². The Hall–Kier alpha value is -1.94. The predicted molar refractivity (Wildman–Crippen MR) is 344 cm³/mol. The van der Waals surface area contributed by atoms with Gasteiger partial charge in [-0.15, -0.1) is 0 Å². The van der Waals surface area contributed by atoms with Gasteiger partial charge in [0, 0.05) is 25.7 Å². The molecular formula is C67H130O17P2. The normalized spacial score (nSPS) is 15.0. The topological polar surface area (TPSA) is 237 Å². The summed E-state index contributed by atoms with van der Waals surface area (Å²) in [5.74, 6) is 0.828. The quantitative estimate of drug-likeness (QED) is 0.0222. The van der Waals surface area contributed by atoms with Gasteiger partial charge in [0.25, 0.3) is 0 Å². The average Bonchev–Trinajstić information content (AvgIpc) is 3.68. The second kappa shape index (κ2) is 57.0. The molecule has 0 saturated carbocycles. The van der Waals surface area contributed by atoms with Gasteiger partial charge in [0.1, 0.15) is 19.3 Å². The van der Waals surface area contributed by atoms with Gasteiger partial charge in [-0.2, -0.15) is 0 Å². The van der Waals surface area contributed by atoms with Crippen LogP contribution in [0.15, 0.2) is 0 Å². The monoisotopic (exact) mass is 1270 g/mol. The van der Waals surface area contributed by atoms with E-state index in [2.05, 4.69) is 55.4 Å². The maximum atomic E-state index is 13.0. The fraction of sp³-hybridized carbons (Fsp3) is 0.940. The third-order valence-corrected chi connectivity index (χ3v) is 17.9. The Morgan fingerprint density at radius 3 is 0.826 bits per heavy atom. The number of hydrogen-bond acceptors (Lipinski definition) is 15. The van der Waals surface area contributed by atoms with Gasteiger partial charge in [-0.3, -0.25) is 37.3 Å². The minimum atomic E-state index is -4.95. The van der Waals surface area contributed by atoms with E-state index < -0.39 is 97.5 Å². The summed E-state index contributed by atoms with van der Waals surface area (Å²) in [6.45, 7) is 14.0. The molecule has 0 aliphatic heterocycles. The summed E-state index contributed by atoms with van der Waals surface area (Å²) in [6, 6.07) is 0. The summed E-state index contributed by atoms with van der Waals surface area (Å²) in [5, 5.41) is 10.6. The van der Waals surface area contributed by atoms with E-state index >= 15 is 0 Å². The van der Waals surface area contributed by atoms with Crippen molar-refractivity contribution in [3.8, 4) is 0 Å². The summed E-state index contributed by atoms with van der Waals surface area (Å²) >= 11 is 0. The highest BCUT2D eigenvalue weighted by Gasteiger charge is 2.30. The van der Waals surface area contributed by atoms with Crippen molar-refractivity contribution in [2.24, 2.45) is 23.7 Å². The van der Waals surface area contributed by atoms with E-state index in [4.69, 9.17) is 37.0 Å². The smallest absolute Gasteiger partial charge is 0.462 e. The summed E-state index contributed by atoms with van der Waals surface area (Å²) in [7, 11) is -9.90. The van der Waals surface area contributed by atoms with Crippen LogP contribution in [0.2, 0.25) is 0 Å². The zero-order chi connectivity index (χ0) is 63.9. The van der Waals surface area contributed by atoms with Gasteiger partial charge in [0.05, 0.1) is 26.4 Å². The molecule has 0 bridgehead atoms. The van der Waals surface area contributed by atoms with Crippen LogP contribution < -0.4 is 0 Å². The van der Waals surface area contributed by atoms with Crippen LogP contribution in [0.25, 0.3) is 0 Å². The first-order valence-corrected chi connectivity index (χ1v) is 37.8. The van der Waals surface area contributed by atoms with Crippen LogP contribution >= 0.6 is 15.6 Å². The highest BCUT2D eigenvalue weighted by Crippen LogP contribution is 2.45. The number of carbonyl (C=O) groups is 4. The van der Waals surface area contributed by atoms with Gasteiger partial charge in [-0.05, 0) is 49.4 Å². The molecule has 0 fully saturated rings. The summed E-state index contributed by atoms with van der Waals surface area (Å²) in [5.41, 5.74) is 0. The van der Waals surface area contributed by atoms with Crippen LogP contribution in [0.1, 0.15) is 325 Å². The number of aliphatic hydroxyl groups excluding tert-OH is 1. The van der Waals surface area contributed by atoms with E-state index in [9.17, 15) is 43.2 Å². The molecule has 0 amide bonds. The summed E-state index contributed by atoms with van der Waals surface area (Å²) < 4.78 is 68.1. The molecular weight excluding hydrogens is 1140 g/mol. The lowest BCUT2D eigenvalue weighted by Gasteiger charge is -2.21. The van der Waals surface area contributed by atoms with Gasteiger partial charge in [-0.25, -0.2) is 9.13 Å². The number of esters is 4. The van der Waals surface area contributed by atoms with E-state index in [0.29, 0.717) is 31.6 Å². The minimum Gasteiger partial charge on any atom is -0.462 e. The SMILES string of the molecule is CCC(C)CCCCCCCCCCC(=O)O[C@H](COC(=O)CCCCCCCCCCCCCC(C)C)COP(=O)(O)OCC(O)COP(=O)(O)OC[C@@H](COC(=O)CCCCCCCCCC(C)C)OC(=O)CCCCCCCCC(C)CC. The standard InChI is InChI=1S/C67H130O17P2/c1-9-59(7)45-37-29-21-16-17-23-33-41-49-66(71)83-62(53-77-64(69)47-39-31-22-15-13-11-12-14-19-27-35-43-57(3)4)55-81-85(73,74)79-51-61(68)52-80-86(75,76)82-56-63(84-67(72)50-42-34-26-25-30-38-46-60(8)10-2)54-78-65(70)48-40-32-24-18-20-28-36-44-58(5)6/h57-63,68H,9-56H2,1-8H3,(H,73,74)(H,75,76)/t59?,60?,61?,62-,63-/m1/s1. The second-order valence-corrected chi connectivity index (χ2v) is 28.6. The Balaban J connectivity index is 5.26. The lowest BCUT2D eigenvalue weighted by atomic mass is 9.99. The average molecular weight is 1270 g/mol. The molecule has 0 radical (unpaired) electrons. The number of phosphoric acid groups is 2. The van der Waals surface area contributed by atoms with Crippen molar-refractivity contribution in [1.29, 1.82) is 0 Å². The fourth-order valence-electron chi connectivity index (χ4n) is 9.89. The number of unbranched alkanes of at least 4 members (excludes halogenated alkanes) is 28. The maximum absolute atomic E-state index is 13.0. The molecule has 0 heterocycles. The van der Waals surface area contributed by atoms with Crippen LogP contribution in [0.3, 0.4) is 0 Å². The zero-order valence-electron chi connectivity index (χ0n) is 55.9. The molecule has 17 nitrogen and oxygen atoms in total. The molecule has 0 saturated heterocycles. The first-order chi connectivity index (χ1) is 41.2. The molecule has 0 aromatic carbocycles. The Kier molecular flexibility index (Phi) is 55.7. The summed E-state index contributed by atoms with van der Waals surface area (Å²) in [6.07, 6.45) is 37.6. The molecule has 0 aromatic rings. The second-order valence-electron chi connectivity index (χ2n) is 25.6. The highest BCUT2D eigenvalue weighted by atomic mass is 31.2. The van der Waals surface area contributed by atoms with Crippen molar-refractivity contribution in [3.63, 3.8) is 0 Å². The number of aliphatic hydroxyl groups is 1. The molecule has 86 heavy (non-hydrogen) atoms. The first kappa shape index (κ1) is 84.1. The predicted octanol–water partition coefficient (Wildman–Crippen LogP) is 18.5. The Bertz CT molecular complexity index is 1720. The highest BCUT2D eigenvalue weighted by molar-refractivity contribution is 7.47. The lowest BCUT2D eigenvalue weighted by molar-refractivity contribution is -0.161. The summed E-state index contributed by atoms with van der Waals surface area (Å²) in [4.78, 5) is 72.4. The number of rotatable bonds is 64. The van der Waals surface area contributed by atoms with Crippen LogP contribution in [0, 0.1) is 23.7 Å². The van der Waals surface area contributed by atoms with E-state index in [1.165, 1.54) is 122 Å². The van der Waals surface area contributed by atoms with Gasteiger partial charge in [0.2, 0.25) is 0 Å². The number of carbonyl (C=O) groups excluding carboxylic acids is 4. The minimum absolute atomic E-state index is 0.102. The third-order valence-electron chi connectivity index (χ3n) is 16.0. The van der Waals surface area contributed by atoms with Gasteiger partial charge in [0.15, 0.2) is 12.2 Å². The van der Waals surface area contributed by atoms with Crippen molar-refractivity contribution in [1.82, 2.24) is 0 Å². The van der Waals surface area contributed by atoms with Crippen molar-refractivity contribution >= 4 is 39.5 Å². The third kappa shape index (κ3) is 58.4. The molecule has 5 unspecified atom stereocenters. The van der Waals surface area contributed by atoms with Crippen LogP contribution in [-0.4, -0.2) is 96.7 Å². The Morgan fingerprint density at radius 2 is 0.558 bits per heavy atom. The number of ether oxygens (including phenoxy) is 4. The molecule has 0 spiro atoms. The first-order valence-electron chi connectivity index (χ1n) is 34.8. The van der Waals surface area contributed by atoms with Crippen molar-refractivity contribution in [2.75, 3.05) is 39.6 Å². The molecule has 510 valence electrons. The fourth-order valence-corrected chi connectivity index (χ4v) is 11.5. The zero-order valence-corrected chi connectivity index (χ0v) is 57.7. The van der Waals surface area contributed by atoms with Crippen LogP contribution in [0.4, 0.5) is 0 Å². The molecule has 3 N–H and O–H groups in total. The van der Waals surface area contributed by atoms with Crippen LogP contribution in [0.5, 0.6) is 0 Å². The van der Waals surface area contributed by atoms with Gasteiger partial charge < -0.3 is 33.8 Å². The maximum Gasteiger partial charge on any atom is 0.472 e. The Morgan fingerprint density at radius 1 is 0.326 bits per heavy atom.